The zero-order valence-electron chi connectivity index (χ0n) is 13.0. The molecule has 0 saturated heterocycles. The average Bonchev–Trinajstić information content (AvgIpc) is 2.76. The maximum absolute atomic E-state index is 6.34. The van der Waals surface area contributed by atoms with Gasteiger partial charge in [-0.25, -0.2) is 4.98 Å². The molecule has 0 amide bonds. The van der Waals surface area contributed by atoms with Crippen molar-refractivity contribution in [3.63, 3.8) is 0 Å². The molecule has 0 fully saturated rings. The quantitative estimate of drug-likeness (QED) is 0.884. The van der Waals surface area contributed by atoms with Gasteiger partial charge in [-0.3, -0.25) is 0 Å². The van der Waals surface area contributed by atoms with Crippen molar-refractivity contribution in [3.8, 4) is 11.3 Å². The van der Waals surface area contributed by atoms with E-state index in [1.54, 1.807) is 0 Å². The van der Waals surface area contributed by atoms with Crippen LogP contribution in [0, 0.1) is 0 Å². The van der Waals surface area contributed by atoms with Crippen LogP contribution in [0.5, 0.6) is 0 Å². The van der Waals surface area contributed by atoms with Crippen LogP contribution in [0.1, 0.15) is 51.5 Å². The molecule has 0 spiro atoms. The molecule has 3 heteroatoms. The average molecular weight is 271 g/mol. The molecule has 1 aromatic heterocycles. The molecular weight excluding hydrogens is 246 g/mol. The standard InChI is InChI=1S/C17H25N3/c1-5-7-15-19-16(17(18)20(15)12(3)4)14-10-8-13(6-2)9-11-14/h8-12H,5-7,18H2,1-4H3. The number of hydrogen-bond acceptors (Lipinski definition) is 2. The Kier molecular flexibility index (Phi) is 4.48. The molecule has 0 aliphatic carbocycles. The van der Waals surface area contributed by atoms with Gasteiger partial charge in [-0.15, -0.1) is 0 Å². The summed E-state index contributed by atoms with van der Waals surface area (Å²) in [4.78, 5) is 4.78. The summed E-state index contributed by atoms with van der Waals surface area (Å²) in [6, 6.07) is 8.90. The van der Waals surface area contributed by atoms with Crippen molar-refractivity contribution in [2.45, 2.75) is 53.0 Å². The molecule has 0 atom stereocenters. The second-order valence-corrected chi connectivity index (χ2v) is 5.53. The lowest BCUT2D eigenvalue weighted by Crippen LogP contribution is -2.09. The second kappa shape index (κ2) is 6.12. The van der Waals surface area contributed by atoms with Gasteiger partial charge in [0.15, 0.2) is 0 Å². The molecule has 3 nitrogen and oxygen atoms in total. The molecular formula is C17H25N3. The number of imidazole rings is 1. The summed E-state index contributed by atoms with van der Waals surface area (Å²) in [5.74, 6) is 1.88. The van der Waals surface area contributed by atoms with Crippen LogP contribution in [0.2, 0.25) is 0 Å². The van der Waals surface area contributed by atoms with Crippen LogP contribution < -0.4 is 5.73 Å². The molecule has 2 aromatic rings. The van der Waals surface area contributed by atoms with E-state index in [0.717, 1.165) is 42.2 Å². The largest absolute Gasteiger partial charge is 0.383 e. The molecule has 0 radical (unpaired) electrons. The van der Waals surface area contributed by atoms with Crippen LogP contribution >= 0.6 is 0 Å². The van der Waals surface area contributed by atoms with Crippen molar-refractivity contribution in [1.82, 2.24) is 9.55 Å². The first-order chi connectivity index (χ1) is 9.58. The summed E-state index contributed by atoms with van der Waals surface area (Å²) in [7, 11) is 0. The third-order valence-corrected chi connectivity index (χ3v) is 3.65. The van der Waals surface area contributed by atoms with E-state index in [-0.39, 0.29) is 0 Å². The highest BCUT2D eigenvalue weighted by Gasteiger charge is 2.17. The van der Waals surface area contributed by atoms with Crippen LogP contribution in [-0.4, -0.2) is 9.55 Å². The van der Waals surface area contributed by atoms with E-state index < -0.39 is 0 Å². The molecule has 2 rings (SSSR count). The molecule has 1 heterocycles. The number of hydrogen-bond donors (Lipinski definition) is 1. The maximum Gasteiger partial charge on any atom is 0.131 e. The van der Waals surface area contributed by atoms with E-state index in [0.29, 0.717) is 6.04 Å². The lowest BCUT2D eigenvalue weighted by Gasteiger charge is -2.13. The van der Waals surface area contributed by atoms with Crippen molar-refractivity contribution in [1.29, 1.82) is 0 Å². The summed E-state index contributed by atoms with van der Waals surface area (Å²) < 4.78 is 2.16. The zero-order chi connectivity index (χ0) is 14.7. The number of anilines is 1. The van der Waals surface area contributed by atoms with Gasteiger partial charge in [0.25, 0.3) is 0 Å². The Balaban J connectivity index is 2.47. The third kappa shape index (κ3) is 2.72. The Morgan fingerprint density at radius 3 is 2.30 bits per heavy atom. The topological polar surface area (TPSA) is 43.8 Å². The van der Waals surface area contributed by atoms with Crippen molar-refractivity contribution in [2.24, 2.45) is 0 Å². The van der Waals surface area contributed by atoms with Crippen LogP contribution in [-0.2, 0) is 12.8 Å². The molecule has 1 aromatic carbocycles. The van der Waals surface area contributed by atoms with Crippen molar-refractivity contribution in [2.75, 3.05) is 5.73 Å². The van der Waals surface area contributed by atoms with Crippen LogP contribution in [0.25, 0.3) is 11.3 Å². The second-order valence-electron chi connectivity index (χ2n) is 5.53. The van der Waals surface area contributed by atoms with Crippen LogP contribution in [0.15, 0.2) is 24.3 Å². The number of aromatic nitrogens is 2. The number of aryl methyl sites for hydroxylation is 2. The number of nitrogens with zero attached hydrogens (tertiary/aromatic N) is 2. The number of benzene rings is 1. The molecule has 0 aliphatic heterocycles. The first-order valence-corrected chi connectivity index (χ1v) is 7.54. The third-order valence-electron chi connectivity index (χ3n) is 3.65. The van der Waals surface area contributed by atoms with E-state index in [1.807, 2.05) is 0 Å². The Labute approximate surface area is 121 Å². The van der Waals surface area contributed by atoms with E-state index in [2.05, 4.69) is 56.5 Å². The molecule has 108 valence electrons. The van der Waals surface area contributed by atoms with Crippen molar-refractivity contribution < 1.29 is 0 Å². The lowest BCUT2D eigenvalue weighted by atomic mass is 10.1. The van der Waals surface area contributed by atoms with Gasteiger partial charge >= 0.3 is 0 Å². The molecule has 2 N–H and O–H groups in total. The minimum Gasteiger partial charge on any atom is -0.383 e. The van der Waals surface area contributed by atoms with E-state index in [4.69, 9.17) is 10.7 Å². The fraction of sp³-hybridized carbons (Fsp3) is 0.471. The summed E-state index contributed by atoms with van der Waals surface area (Å²) in [5, 5.41) is 0. The van der Waals surface area contributed by atoms with Crippen molar-refractivity contribution in [3.05, 3.63) is 35.7 Å². The van der Waals surface area contributed by atoms with Gasteiger partial charge in [-0.05, 0) is 32.3 Å². The highest BCUT2D eigenvalue weighted by atomic mass is 15.2. The van der Waals surface area contributed by atoms with Crippen LogP contribution in [0.4, 0.5) is 5.82 Å². The minimum atomic E-state index is 0.340. The molecule has 0 aliphatic rings. The van der Waals surface area contributed by atoms with Gasteiger partial charge < -0.3 is 10.3 Å². The smallest absolute Gasteiger partial charge is 0.131 e. The van der Waals surface area contributed by atoms with Crippen LogP contribution in [0.3, 0.4) is 0 Å². The fourth-order valence-corrected chi connectivity index (χ4v) is 2.58. The maximum atomic E-state index is 6.34. The number of nitrogens with two attached hydrogens (primary N) is 1. The van der Waals surface area contributed by atoms with E-state index in [1.165, 1.54) is 5.56 Å². The summed E-state index contributed by atoms with van der Waals surface area (Å²) in [6.07, 6.45) is 3.10. The van der Waals surface area contributed by atoms with Gasteiger partial charge in [0.2, 0.25) is 0 Å². The lowest BCUT2D eigenvalue weighted by molar-refractivity contribution is 0.571. The summed E-state index contributed by atoms with van der Waals surface area (Å²) in [5.41, 5.74) is 9.70. The van der Waals surface area contributed by atoms with E-state index in [9.17, 15) is 0 Å². The van der Waals surface area contributed by atoms with E-state index >= 15 is 0 Å². The zero-order valence-corrected chi connectivity index (χ0v) is 13.0. The van der Waals surface area contributed by atoms with Gasteiger partial charge in [0, 0.05) is 18.0 Å². The van der Waals surface area contributed by atoms with Gasteiger partial charge in [0.1, 0.15) is 17.3 Å². The molecule has 20 heavy (non-hydrogen) atoms. The number of nitrogen functional groups attached to an aromatic ring is 1. The Hall–Kier alpha value is -1.77. The predicted molar refractivity (Wildman–Crippen MR) is 85.8 cm³/mol. The highest BCUT2D eigenvalue weighted by molar-refractivity contribution is 5.71. The summed E-state index contributed by atoms with van der Waals surface area (Å²) in [6.45, 7) is 8.64. The van der Waals surface area contributed by atoms with Gasteiger partial charge in [-0.1, -0.05) is 38.1 Å². The highest BCUT2D eigenvalue weighted by Crippen LogP contribution is 2.29. The van der Waals surface area contributed by atoms with Gasteiger partial charge in [0.05, 0.1) is 0 Å². The molecule has 0 saturated carbocycles. The molecule has 0 bridgehead atoms. The first kappa shape index (κ1) is 14.6. The normalized spacial score (nSPS) is 11.2. The monoisotopic (exact) mass is 271 g/mol. The Morgan fingerprint density at radius 2 is 1.80 bits per heavy atom. The Morgan fingerprint density at radius 1 is 1.15 bits per heavy atom. The molecule has 0 unspecified atom stereocenters. The number of rotatable bonds is 5. The SMILES string of the molecule is CCCc1nc(-c2ccc(CC)cc2)c(N)n1C(C)C. The minimum absolute atomic E-state index is 0.340. The first-order valence-electron chi connectivity index (χ1n) is 7.54. The van der Waals surface area contributed by atoms with Crippen molar-refractivity contribution >= 4 is 5.82 Å². The summed E-state index contributed by atoms with van der Waals surface area (Å²) >= 11 is 0. The fourth-order valence-electron chi connectivity index (χ4n) is 2.58. The Bertz CT molecular complexity index is 565. The predicted octanol–water partition coefficient (Wildman–Crippen LogP) is 4.23. The van der Waals surface area contributed by atoms with Gasteiger partial charge in [-0.2, -0.15) is 0 Å².